The molecule has 1 heterocycles. The second-order valence-electron chi connectivity index (χ2n) is 6.93. The lowest BCUT2D eigenvalue weighted by Crippen LogP contribution is -2.67. The lowest BCUT2D eigenvalue weighted by molar-refractivity contribution is -1.00. The molecule has 0 aromatic rings. The van der Waals surface area contributed by atoms with Crippen molar-refractivity contribution in [1.29, 1.82) is 0 Å². The van der Waals surface area contributed by atoms with E-state index in [0.717, 1.165) is 38.9 Å². The zero-order valence-electron chi connectivity index (χ0n) is 13.1. The molecule has 0 radical (unpaired) electrons. The minimum Gasteiger partial charge on any atom is -0.321 e. The van der Waals surface area contributed by atoms with Crippen LogP contribution in [-0.2, 0) is 4.74 Å². The molecule has 1 aliphatic heterocycles. The second kappa shape index (κ2) is 5.48. The van der Waals surface area contributed by atoms with E-state index in [9.17, 15) is 5.11 Å². The fourth-order valence-corrected chi connectivity index (χ4v) is 3.54. The maximum absolute atomic E-state index is 10.3. The van der Waals surface area contributed by atoms with Crippen molar-refractivity contribution >= 4 is 0 Å². The molecule has 0 saturated carbocycles. The molecule has 0 aromatic carbocycles. The SMILES string of the molecule is CCC[N+]1(C(O)OC)CCC(C)(C)C(C)(CC)C1. The maximum Gasteiger partial charge on any atom is 0.306 e. The number of hydrogen-bond acceptors (Lipinski definition) is 2. The Balaban J connectivity index is 3.03. The first-order chi connectivity index (χ1) is 8.27. The number of likely N-dealkylation sites (tertiary alicyclic amines) is 1. The van der Waals surface area contributed by atoms with Crippen molar-refractivity contribution in [3.63, 3.8) is 0 Å². The molecule has 3 atom stereocenters. The molecule has 0 spiro atoms. The van der Waals surface area contributed by atoms with Crippen molar-refractivity contribution < 1.29 is 14.3 Å². The molecule has 0 aromatic heterocycles. The van der Waals surface area contributed by atoms with E-state index in [2.05, 4.69) is 34.6 Å². The van der Waals surface area contributed by atoms with E-state index < -0.39 is 6.41 Å². The minimum absolute atomic E-state index is 0.264. The Hall–Kier alpha value is -0.120. The van der Waals surface area contributed by atoms with Crippen LogP contribution in [0.2, 0.25) is 0 Å². The quantitative estimate of drug-likeness (QED) is 0.607. The van der Waals surface area contributed by atoms with Gasteiger partial charge < -0.3 is 9.84 Å². The first-order valence-corrected chi connectivity index (χ1v) is 7.33. The molecule has 1 saturated heterocycles. The topological polar surface area (TPSA) is 29.5 Å². The summed E-state index contributed by atoms with van der Waals surface area (Å²) in [5, 5.41) is 10.3. The van der Waals surface area contributed by atoms with Crippen molar-refractivity contribution in [2.24, 2.45) is 10.8 Å². The monoisotopic (exact) mass is 258 g/mol. The molecule has 18 heavy (non-hydrogen) atoms. The largest absolute Gasteiger partial charge is 0.321 e. The average Bonchev–Trinajstić information content (AvgIpc) is 2.33. The molecule has 1 N–H and O–H groups in total. The number of nitrogens with zero attached hydrogens (tertiary/aromatic N) is 1. The number of aliphatic hydroxyl groups excluding tert-OH is 1. The zero-order chi connectivity index (χ0) is 14.0. The van der Waals surface area contributed by atoms with Gasteiger partial charge in [-0.15, -0.1) is 0 Å². The van der Waals surface area contributed by atoms with Gasteiger partial charge >= 0.3 is 6.41 Å². The van der Waals surface area contributed by atoms with E-state index in [-0.39, 0.29) is 5.41 Å². The summed E-state index contributed by atoms with van der Waals surface area (Å²) in [5.74, 6) is 0. The van der Waals surface area contributed by atoms with Gasteiger partial charge in [0.25, 0.3) is 0 Å². The Morgan fingerprint density at radius 3 is 2.33 bits per heavy atom. The summed E-state index contributed by atoms with van der Waals surface area (Å²) < 4.78 is 5.99. The van der Waals surface area contributed by atoms with Gasteiger partial charge in [0.2, 0.25) is 0 Å². The van der Waals surface area contributed by atoms with Crippen molar-refractivity contribution in [1.82, 2.24) is 0 Å². The van der Waals surface area contributed by atoms with Gasteiger partial charge in [-0.25, -0.2) is 0 Å². The number of quaternary nitrogens is 1. The van der Waals surface area contributed by atoms with Crippen molar-refractivity contribution in [2.75, 3.05) is 26.7 Å². The van der Waals surface area contributed by atoms with Crippen molar-refractivity contribution in [3.05, 3.63) is 0 Å². The van der Waals surface area contributed by atoms with Crippen molar-refractivity contribution in [3.8, 4) is 0 Å². The van der Waals surface area contributed by atoms with Crippen LogP contribution in [0.1, 0.15) is 53.9 Å². The number of ether oxygens (including phenoxy) is 1. The first-order valence-electron chi connectivity index (χ1n) is 7.33. The van der Waals surface area contributed by atoms with Gasteiger partial charge in [0.1, 0.15) is 0 Å². The van der Waals surface area contributed by atoms with Crippen LogP contribution in [0.3, 0.4) is 0 Å². The van der Waals surface area contributed by atoms with Crippen LogP contribution >= 0.6 is 0 Å². The summed E-state index contributed by atoms with van der Waals surface area (Å²) in [6.07, 6.45) is 2.71. The molecule has 108 valence electrons. The molecule has 0 aliphatic carbocycles. The zero-order valence-corrected chi connectivity index (χ0v) is 13.1. The normalized spacial score (nSPS) is 37.5. The average molecular weight is 258 g/mol. The number of hydrogen-bond donors (Lipinski definition) is 1. The predicted molar refractivity (Wildman–Crippen MR) is 75.0 cm³/mol. The van der Waals surface area contributed by atoms with E-state index in [1.54, 1.807) is 7.11 Å². The van der Waals surface area contributed by atoms with Gasteiger partial charge in [-0.1, -0.05) is 34.6 Å². The third kappa shape index (κ3) is 2.59. The molecule has 0 amide bonds. The lowest BCUT2D eigenvalue weighted by atomic mass is 9.60. The van der Waals surface area contributed by atoms with Gasteiger partial charge in [0, 0.05) is 18.9 Å². The summed E-state index contributed by atoms with van der Waals surface area (Å²) >= 11 is 0. The minimum atomic E-state index is -0.674. The Kier molecular flexibility index (Phi) is 4.85. The Bertz CT molecular complexity index is 280. The molecule has 3 heteroatoms. The maximum atomic E-state index is 10.3. The van der Waals surface area contributed by atoms with E-state index in [0.29, 0.717) is 9.90 Å². The lowest BCUT2D eigenvalue weighted by Gasteiger charge is -2.56. The van der Waals surface area contributed by atoms with E-state index in [1.165, 1.54) is 0 Å². The molecular weight excluding hydrogens is 226 g/mol. The van der Waals surface area contributed by atoms with E-state index in [1.807, 2.05) is 0 Å². The third-order valence-corrected chi connectivity index (χ3v) is 5.61. The van der Waals surface area contributed by atoms with Gasteiger partial charge in [0.15, 0.2) is 0 Å². The van der Waals surface area contributed by atoms with Gasteiger partial charge in [-0.05, 0) is 18.3 Å². The molecule has 1 aliphatic rings. The van der Waals surface area contributed by atoms with Crippen LogP contribution in [0.4, 0.5) is 0 Å². The smallest absolute Gasteiger partial charge is 0.306 e. The third-order valence-electron chi connectivity index (χ3n) is 5.61. The highest BCUT2D eigenvalue weighted by Gasteiger charge is 2.53. The standard InChI is InChI=1S/C15H32NO2/c1-7-10-16(13(17)18-6)11-9-14(3,4)15(5,8-2)12-16/h13,17H,7-12H2,1-6H3/q+1. The predicted octanol–water partition coefficient (Wildman–Crippen LogP) is 2.98. The fourth-order valence-electron chi connectivity index (χ4n) is 3.54. The molecule has 3 unspecified atom stereocenters. The number of rotatable bonds is 5. The highest BCUT2D eigenvalue weighted by Crippen LogP contribution is 2.50. The van der Waals surface area contributed by atoms with Crippen LogP contribution < -0.4 is 0 Å². The van der Waals surface area contributed by atoms with Crippen molar-refractivity contribution in [2.45, 2.75) is 60.3 Å². The Labute approximate surface area is 113 Å². The van der Waals surface area contributed by atoms with E-state index >= 15 is 0 Å². The molecule has 1 fully saturated rings. The van der Waals surface area contributed by atoms with Crippen LogP contribution in [0.5, 0.6) is 0 Å². The van der Waals surface area contributed by atoms with Crippen LogP contribution in [0.25, 0.3) is 0 Å². The summed E-state index contributed by atoms with van der Waals surface area (Å²) in [6, 6.07) is 0. The summed E-state index contributed by atoms with van der Waals surface area (Å²) in [7, 11) is 1.61. The second-order valence-corrected chi connectivity index (χ2v) is 6.93. The highest BCUT2D eigenvalue weighted by molar-refractivity contribution is 4.91. The highest BCUT2D eigenvalue weighted by atomic mass is 16.6. The summed E-state index contributed by atoms with van der Waals surface area (Å²) in [5.41, 5.74) is 0.602. The Morgan fingerprint density at radius 2 is 1.89 bits per heavy atom. The van der Waals surface area contributed by atoms with Crippen LogP contribution in [0, 0.1) is 10.8 Å². The van der Waals surface area contributed by atoms with Gasteiger partial charge in [-0.3, -0.25) is 4.48 Å². The molecule has 1 rings (SSSR count). The summed E-state index contributed by atoms with van der Waals surface area (Å²) in [4.78, 5) is 0. The number of methoxy groups -OCH3 is 1. The van der Waals surface area contributed by atoms with Gasteiger partial charge in [-0.2, -0.15) is 0 Å². The van der Waals surface area contributed by atoms with E-state index in [4.69, 9.17) is 4.74 Å². The molecule has 0 bridgehead atoms. The van der Waals surface area contributed by atoms with Crippen LogP contribution in [0.15, 0.2) is 0 Å². The number of piperidine rings is 1. The van der Waals surface area contributed by atoms with Gasteiger partial charge in [0.05, 0.1) is 19.6 Å². The first kappa shape index (κ1) is 15.9. The van der Waals surface area contributed by atoms with Crippen LogP contribution in [-0.4, -0.2) is 42.7 Å². The number of aliphatic hydroxyl groups is 1. The Morgan fingerprint density at radius 1 is 1.28 bits per heavy atom. The fraction of sp³-hybridized carbons (Fsp3) is 1.00. The molecular formula is C15H32NO2+. The molecule has 3 nitrogen and oxygen atoms in total. The summed E-state index contributed by atoms with van der Waals surface area (Å²) in [6.45, 7) is 14.6.